The third-order valence-electron chi connectivity index (χ3n) is 2.13. The lowest BCUT2D eigenvalue weighted by Crippen LogP contribution is -2.47. The summed E-state index contributed by atoms with van der Waals surface area (Å²) in [5, 5.41) is 2.36. The van der Waals surface area contributed by atoms with E-state index in [0.717, 1.165) is 8.66 Å². The zero-order valence-corrected chi connectivity index (χ0v) is 12.0. The maximum absolute atomic E-state index is 11.8. The number of hydrogen-bond donors (Lipinski definition) is 2. The van der Waals surface area contributed by atoms with Crippen LogP contribution in [-0.2, 0) is 11.3 Å². The fraction of sp³-hybridized carbons (Fsp3) is 0.400. The summed E-state index contributed by atoms with van der Waals surface area (Å²) in [5.41, 5.74) is 4.96. The standard InChI is InChI=1S/C10H14BrN3O2S/c1-6(13-10(12)16)9(15)14(2)5-7-3-4-8(11)17-7/h3-4,6H,5H2,1-2H3,(H3,12,13,16)/t6-/m1/s1. The van der Waals surface area contributed by atoms with E-state index in [-0.39, 0.29) is 5.91 Å². The number of nitrogens with two attached hydrogens (primary N) is 1. The summed E-state index contributed by atoms with van der Waals surface area (Å²) in [6, 6.07) is 2.58. The minimum atomic E-state index is -0.696. The van der Waals surface area contributed by atoms with Crippen molar-refractivity contribution in [2.24, 2.45) is 5.73 Å². The first-order valence-corrected chi connectivity index (χ1v) is 6.56. The first-order chi connectivity index (χ1) is 7.90. The summed E-state index contributed by atoms with van der Waals surface area (Å²) < 4.78 is 1.02. The van der Waals surface area contributed by atoms with Crippen molar-refractivity contribution in [3.8, 4) is 0 Å². The second-order valence-electron chi connectivity index (χ2n) is 3.63. The van der Waals surface area contributed by atoms with Crippen LogP contribution in [0.1, 0.15) is 11.8 Å². The van der Waals surface area contributed by atoms with Crippen molar-refractivity contribution in [1.29, 1.82) is 0 Å². The van der Waals surface area contributed by atoms with Gasteiger partial charge in [0.05, 0.1) is 10.3 Å². The van der Waals surface area contributed by atoms with Crippen LogP contribution in [0.15, 0.2) is 15.9 Å². The Morgan fingerprint density at radius 1 is 1.59 bits per heavy atom. The van der Waals surface area contributed by atoms with Crippen molar-refractivity contribution in [2.75, 3.05) is 7.05 Å². The van der Waals surface area contributed by atoms with Crippen molar-refractivity contribution in [1.82, 2.24) is 10.2 Å². The van der Waals surface area contributed by atoms with Crippen LogP contribution in [0, 0.1) is 0 Å². The third kappa shape index (κ3) is 4.35. The van der Waals surface area contributed by atoms with Gasteiger partial charge in [-0.05, 0) is 35.0 Å². The second kappa shape index (κ2) is 6.02. The van der Waals surface area contributed by atoms with E-state index in [0.29, 0.717) is 6.54 Å². The number of primary amides is 1. The number of rotatable bonds is 4. The van der Waals surface area contributed by atoms with E-state index < -0.39 is 12.1 Å². The molecule has 0 saturated carbocycles. The van der Waals surface area contributed by atoms with Gasteiger partial charge < -0.3 is 16.0 Å². The molecule has 3 amide bonds. The Hall–Kier alpha value is -1.08. The molecule has 3 N–H and O–H groups in total. The van der Waals surface area contributed by atoms with E-state index >= 15 is 0 Å². The van der Waals surface area contributed by atoms with E-state index in [1.165, 1.54) is 0 Å². The minimum absolute atomic E-state index is 0.173. The molecule has 1 aromatic heterocycles. The molecule has 0 bridgehead atoms. The summed E-state index contributed by atoms with van der Waals surface area (Å²) in [4.78, 5) is 25.1. The largest absolute Gasteiger partial charge is 0.352 e. The molecule has 0 aliphatic rings. The minimum Gasteiger partial charge on any atom is -0.352 e. The van der Waals surface area contributed by atoms with Crippen LogP contribution in [0.5, 0.6) is 0 Å². The van der Waals surface area contributed by atoms with Crippen LogP contribution in [0.25, 0.3) is 0 Å². The molecule has 7 heteroatoms. The highest BCUT2D eigenvalue weighted by molar-refractivity contribution is 9.11. The van der Waals surface area contributed by atoms with Gasteiger partial charge in [0.1, 0.15) is 6.04 Å². The van der Waals surface area contributed by atoms with Gasteiger partial charge in [-0.3, -0.25) is 4.79 Å². The first-order valence-electron chi connectivity index (χ1n) is 4.95. The Kier molecular flexibility index (Phi) is 4.95. The number of carbonyl (C=O) groups excluding carboxylic acids is 2. The average molecular weight is 320 g/mol. The molecule has 1 rings (SSSR count). The van der Waals surface area contributed by atoms with Crippen LogP contribution < -0.4 is 11.1 Å². The summed E-state index contributed by atoms with van der Waals surface area (Å²) in [7, 11) is 1.69. The fourth-order valence-corrected chi connectivity index (χ4v) is 2.89. The molecular weight excluding hydrogens is 306 g/mol. The highest BCUT2D eigenvalue weighted by Crippen LogP contribution is 2.23. The number of carbonyl (C=O) groups is 2. The number of likely N-dealkylation sites (N-methyl/N-ethyl adjacent to an activating group) is 1. The number of amides is 3. The average Bonchev–Trinajstić information content (AvgIpc) is 2.61. The molecule has 0 spiro atoms. The van der Waals surface area contributed by atoms with Gasteiger partial charge in [0, 0.05) is 11.9 Å². The number of urea groups is 1. The van der Waals surface area contributed by atoms with Gasteiger partial charge in [0.2, 0.25) is 5.91 Å². The maximum Gasteiger partial charge on any atom is 0.312 e. The Bertz CT molecular complexity index is 421. The van der Waals surface area contributed by atoms with Gasteiger partial charge in [0.25, 0.3) is 0 Å². The molecule has 0 aliphatic carbocycles. The van der Waals surface area contributed by atoms with Gasteiger partial charge in [-0.2, -0.15) is 0 Å². The van der Waals surface area contributed by atoms with Crippen molar-refractivity contribution >= 4 is 39.2 Å². The second-order valence-corrected chi connectivity index (χ2v) is 6.18. The van der Waals surface area contributed by atoms with E-state index in [4.69, 9.17) is 5.73 Å². The molecule has 1 aromatic rings. The quantitative estimate of drug-likeness (QED) is 0.883. The van der Waals surface area contributed by atoms with Crippen molar-refractivity contribution < 1.29 is 9.59 Å². The summed E-state index contributed by atoms with van der Waals surface area (Å²) >= 11 is 4.93. The van der Waals surface area contributed by atoms with E-state index in [2.05, 4.69) is 21.2 Å². The molecule has 5 nitrogen and oxygen atoms in total. The number of halogens is 1. The molecule has 0 unspecified atom stereocenters. The zero-order chi connectivity index (χ0) is 13.0. The van der Waals surface area contributed by atoms with E-state index in [1.54, 1.807) is 30.2 Å². The van der Waals surface area contributed by atoms with Crippen molar-refractivity contribution in [3.63, 3.8) is 0 Å². The number of nitrogens with one attached hydrogen (secondary N) is 1. The maximum atomic E-state index is 11.8. The van der Waals surface area contributed by atoms with E-state index in [1.807, 2.05) is 12.1 Å². The Labute approximate surface area is 112 Å². The molecule has 1 heterocycles. The van der Waals surface area contributed by atoms with Crippen LogP contribution >= 0.6 is 27.3 Å². The molecular formula is C10H14BrN3O2S. The van der Waals surface area contributed by atoms with Gasteiger partial charge in [0.15, 0.2) is 0 Å². The summed E-state index contributed by atoms with van der Waals surface area (Å²) in [6.07, 6.45) is 0. The molecule has 0 radical (unpaired) electrons. The Morgan fingerprint density at radius 2 is 2.24 bits per heavy atom. The normalized spacial score (nSPS) is 11.9. The Balaban J connectivity index is 2.55. The van der Waals surface area contributed by atoms with Crippen LogP contribution in [0.2, 0.25) is 0 Å². The van der Waals surface area contributed by atoms with Crippen LogP contribution in [-0.4, -0.2) is 29.9 Å². The monoisotopic (exact) mass is 319 g/mol. The zero-order valence-electron chi connectivity index (χ0n) is 9.57. The molecule has 0 fully saturated rings. The predicted molar refractivity (Wildman–Crippen MR) is 70.7 cm³/mol. The highest BCUT2D eigenvalue weighted by Gasteiger charge is 2.18. The topological polar surface area (TPSA) is 75.4 Å². The van der Waals surface area contributed by atoms with Crippen molar-refractivity contribution in [2.45, 2.75) is 19.5 Å². The first kappa shape index (κ1) is 14.0. The molecule has 0 aromatic carbocycles. The van der Waals surface area contributed by atoms with E-state index in [9.17, 15) is 9.59 Å². The van der Waals surface area contributed by atoms with Gasteiger partial charge >= 0.3 is 6.03 Å². The van der Waals surface area contributed by atoms with Gasteiger partial charge in [-0.25, -0.2) is 4.79 Å². The molecule has 17 heavy (non-hydrogen) atoms. The lowest BCUT2D eigenvalue weighted by atomic mass is 10.3. The van der Waals surface area contributed by atoms with Gasteiger partial charge in [-0.1, -0.05) is 0 Å². The number of nitrogens with zero attached hydrogens (tertiary/aromatic N) is 1. The third-order valence-corrected chi connectivity index (χ3v) is 3.74. The summed E-state index contributed by atoms with van der Waals surface area (Å²) in [5.74, 6) is -0.173. The number of thiophene rings is 1. The molecule has 1 atom stereocenters. The molecule has 0 aliphatic heterocycles. The lowest BCUT2D eigenvalue weighted by molar-refractivity contribution is -0.131. The summed E-state index contributed by atoms with van der Waals surface area (Å²) in [6.45, 7) is 2.12. The SMILES string of the molecule is C[C@@H](NC(N)=O)C(=O)N(C)Cc1ccc(Br)s1. The fourth-order valence-electron chi connectivity index (χ4n) is 1.35. The van der Waals surface area contributed by atoms with Crippen LogP contribution in [0.3, 0.4) is 0 Å². The lowest BCUT2D eigenvalue weighted by Gasteiger charge is -2.20. The number of hydrogen-bond acceptors (Lipinski definition) is 3. The smallest absolute Gasteiger partial charge is 0.312 e. The molecule has 0 saturated heterocycles. The highest BCUT2D eigenvalue weighted by atomic mass is 79.9. The molecule has 94 valence electrons. The van der Waals surface area contributed by atoms with Crippen molar-refractivity contribution in [3.05, 3.63) is 20.8 Å². The van der Waals surface area contributed by atoms with Gasteiger partial charge in [-0.15, -0.1) is 11.3 Å². The van der Waals surface area contributed by atoms with Crippen LogP contribution in [0.4, 0.5) is 4.79 Å². The Morgan fingerprint density at radius 3 is 2.71 bits per heavy atom. The predicted octanol–water partition coefficient (Wildman–Crippen LogP) is 1.53.